The van der Waals surface area contributed by atoms with E-state index in [0.717, 1.165) is 12.8 Å². The molecule has 0 unspecified atom stereocenters. The summed E-state index contributed by atoms with van der Waals surface area (Å²) in [6.07, 6.45) is 4.89. The van der Waals surface area contributed by atoms with Crippen LogP contribution < -0.4 is 16.4 Å². The first-order valence-corrected chi connectivity index (χ1v) is 6.82. The molecular weight excluding hydrogens is 260 g/mol. The second-order valence-electron chi connectivity index (χ2n) is 4.91. The van der Waals surface area contributed by atoms with Crippen molar-refractivity contribution in [3.8, 4) is 0 Å². The van der Waals surface area contributed by atoms with Crippen LogP contribution in [0.1, 0.15) is 31.4 Å². The lowest BCUT2D eigenvalue weighted by molar-refractivity contribution is -0.123. The molecule has 1 fully saturated rings. The molecule has 0 radical (unpaired) electrons. The summed E-state index contributed by atoms with van der Waals surface area (Å²) in [7, 11) is 0. The molecule has 1 aromatic heterocycles. The number of nitrogens with zero attached hydrogens (tertiary/aromatic N) is 3. The molecule has 2 amide bonds. The Hall–Kier alpha value is -1.96. The maximum Gasteiger partial charge on any atom is 0.241 e. The van der Waals surface area contributed by atoms with Crippen LogP contribution in [-0.2, 0) is 22.7 Å². The van der Waals surface area contributed by atoms with Gasteiger partial charge in [0.1, 0.15) is 6.54 Å². The summed E-state index contributed by atoms with van der Waals surface area (Å²) in [5.74, 6) is -0.0910. The van der Waals surface area contributed by atoms with E-state index >= 15 is 0 Å². The summed E-state index contributed by atoms with van der Waals surface area (Å²) < 4.78 is 1.44. The van der Waals surface area contributed by atoms with Gasteiger partial charge in [-0.2, -0.15) is 0 Å². The third kappa shape index (κ3) is 4.96. The highest BCUT2D eigenvalue weighted by molar-refractivity contribution is 5.77. The number of amides is 2. The van der Waals surface area contributed by atoms with Gasteiger partial charge in [-0.3, -0.25) is 9.59 Å². The van der Waals surface area contributed by atoms with Gasteiger partial charge in [0, 0.05) is 25.6 Å². The van der Waals surface area contributed by atoms with E-state index in [0.29, 0.717) is 37.7 Å². The minimum absolute atomic E-state index is 0.0608. The molecule has 110 valence electrons. The number of nitrogens with two attached hydrogens (primary N) is 1. The molecule has 0 bridgehead atoms. The number of aromatic nitrogens is 3. The first-order valence-electron chi connectivity index (χ1n) is 6.82. The topological polar surface area (TPSA) is 115 Å². The summed E-state index contributed by atoms with van der Waals surface area (Å²) in [5.41, 5.74) is 6.05. The Kier molecular flexibility index (Phi) is 5.05. The number of rotatable bonds is 8. The molecule has 1 aliphatic carbocycles. The summed E-state index contributed by atoms with van der Waals surface area (Å²) in [6.45, 7) is 0.897. The Balaban J connectivity index is 1.56. The van der Waals surface area contributed by atoms with E-state index < -0.39 is 0 Å². The van der Waals surface area contributed by atoms with Crippen LogP contribution in [0.3, 0.4) is 0 Å². The van der Waals surface area contributed by atoms with Crippen molar-refractivity contribution in [1.29, 1.82) is 0 Å². The lowest BCUT2D eigenvalue weighted by Crippen LogP contribution is -2.30. The van der Waals surface area contributed by atoms with Crippen molar-refractivity contribution < 1.29 is 9.59 Å². The summed E-state index contributed by atoms with van der Waals surface area (Å²) in [6, 6.07) is 0.390. The number of carbonyl (C=O) groups excluding carboxylic acids is 2. The van der Waals surface area contributed by atoms with Gasteiger partial charge in [0.05, 0.1) is 11.9 Å². The highest BCUT2D eigenvalue weighted by Crippen LogP contribution is 2.18. The molecule has 8 nitrogen and oxygen atoms in total. The average molecular weight is 280 g/mol. The molecule has 0 aromatic carbocycles. The van der Waals surface area contributed by atoms with Gasteiger partial charge in [0.2, 0.25) is 11.8 Å². The zero-order valence-electron chi connectivity index (χ0n) is 11.3. The van der Waals surface area contributed by atoms with Crippen LogP contribution in [0.5, 0.6) is 0 Å². The summed E-state index contributed by atoms with van der Waals surface area (Å²) in [5, 5.41) is 13.2. The normalized spacial score (nSPS) is 14.1. The Bertz CT molecular complexity index is 468. The van der Waals surface area contributed by atoms with Crippen LogP contribution in [0.4, 0.5) is 0 Å². The highest BCUT2D eigenvalue weighted by atomic mass is 16.2. The Morgan fingerprint density at radius 1 is 1.40 bits per heavy atom. The zero-order chi connectivity index (χ0) is 14.4. The van der Waals surface area contributed by atoms with Crippen molar-refractivity contribution in [3.05, 3.63) is 11.9 Å². The van der Waals surface area contributed by atoms with E-state index in [1.807, 2.05) is 0 Å². The van der Waals surface area contributed by atoms with Gasteiger partial charge in [0.15, 0.2) is 0 Å². The van der Waals surface area contributed by atoms with Crippen LogP contribution in [0.2, 0.25) is 0 Å². The zero-order valence-corrected chi connectivity index (χ0v) is 11.3. The van der Waals surface area contributed by atoms with Crippen molar-refractivity contribution in [2.75, 3.05) is 6.54 Å². The van der Waals surface area contributed by atoms with E-state index in [4.69, 9.17) is 5.73 Å². The monoisotopic (exact) mass is 280 g/mol. The van der Waals surface area contributed by atoms with Gasteiger partial charge in [-0.05, 0) is 19.3 Å². The lowest BCUT2D eigenvalue weighted by Gasteiger charge is -2.05. The van der Waals surface area contributed by atoms with E-state index in [1.165, 1.54) is 4.68 Å². The van der Waals surface area contributed by atoms with Crippen LogP contribution in [0, 0.1) is 0 Å². The van der Waals surface area contributed by atoms with Crippen molar-refractivity contribution in [1.82, 2.24) is 25.6 Å². The minimum Gasteiger partial charge on any atom is -0.354 e. The van der Waals surface area contributed by atoms with Gasteiger partial charge in [-0.25, -0.2) is 4.68 Å². The molecule has 0 aliphatic heterocycles. The maximum absolute atomic E-state index is 11.6. The van der Waals surface area contributed by atoms with Gasteiger partial charge in [-0.1, -0.05) is 5.21 Å². The molecule has 0 atom stereocenters. The number of nitrogens with one attached hydrogen (secondary N) is 2. The van der Waals surface area contributed by atoms with Gasteiger partial charge >= 0.3 is 0 Å². The van der Waals surface area contributed by atoms with Crippen LogP contribution in [-0.4, -0.2) is 39.4 Å². The molecule has 20 heavy (non-hydrogen) atoms. The first kappa shape index (κ1) is 14.4. The Labute approximate surface area is 117 Å². The molecule has 0 spiro atoms. The van der Waals surface area contributed by atoms with Gasteiger partial charge in [0.25, 0.3) is 0 Å². The SMILES string of the molecule is NCc1cn(CC(=O)NCCCC(=O)NC2CC2)nn1. The lowest BCUT2D eigenvalue weighted by atomic mass is 10.3. The second kappa shape index (κ2) is 6.99. The van der Waals surface area contributed by atoms with Crippen molar-refractivity contribution >= 4 is 11.8 Å². The van der Waals surface area contributed by atoms with Crippen molar-refractivity contribution in [3.63, 3.8) is 0 Å². The molecule has 0 saturated heterocycles. The first-order chi connectivity index (χ1) is 9.67. The fourth-order valence-corrected chi connectivity index (χ4v) is 1.72. The molecule has 1 aromatic rings. The molecular formula is C12H20N6O2. The quantitative estimate of drug-likeness (QED) is 0.523. The molecule has 2 rings (SSSR count). The molecule has 1 heterocycles. The van der Waals surface area contributed by atoms with Crippen LogP contribution in [0.15, 0.2) is 6.20 Å². The summed E-state index contributed by atoms with van der Waals surface area (Å²) >= 11 is 0. The fourth-order valence-electron chi connectivity index (χ4n) is 1.72. The van der Waals surface area contributed by atoms with E-state index in [1.54, 1.807) is 6.20 Å². The van der Waals surface area contributed by atoms with Gasteiger partial charge in [-0.15, -0.1) is 5.10 Å². The number of hydrogen-bond acceptors (Lipinski definition) is 5. The molecule has 1 saturated carbocycles. The Morgan fingerprint density at radius 3 is 2.85 bits per heavy atom. The predicted molar refractivity (Wildman–Crippen MR) is 71.3 cm³/mol. The summed E-state index contributed by atoms with van der Waals surface area (Å²) in [4.78, 5) is 23.0. The van der Waals surface area contributed by atoms with Crippen LogP contribution >= 0.6 is 0 Å². The van der Waals surface area contributed by atoms with Crippen molar-refractivity contribution in [2.45, 2.75) is 44.8 Å². The van der Waals surface area contributed by atoms with Crippen LogP contribution in [0.25, 0.3) is 0 Å². The van der Waals surface area contributed by atoms with Crippen molar-refractivity contribution in [2.24, 2.45) is 5.73 Å². The standard InChI is InChI=1S/C12H20N6O2/c13-6-10-7-18(17-16-10)8-12(20)14-5-1-2-11(19)15-9-3-4-9/h7,9H,1-6,8,13H2,(H,14,20)(H,15,19). The van der Waals surface area contributed by atoms with E-state index in [9.17, 15) is 9.59 Å². The fraction of sp³-hybridized carbons (Fsp3) is 0.667. The maximum atomic E-state index is 11.6. The smallest absolute Gasteiger partial charge is 0.241 e. The molecule has 8 heteroatoms. The van der Waals surface area contributed by atoms with E-state index in [2.05, 4.69) is 20.9 Å². The average Bonchev–Trinajstić information content (AvgIpc) is 3.11. The van der Waals surface area contributed by atoms with E-state index in [-0.39, 0.29) is 18.4 Å². The third-order valence-corrected chi connectivity index (χ3v) is 2.95. The third-order valence-electron chi connectivity index (χ3n) is 2.95. The largest absolute Gasteiger partial charge is 0.354 e. The highest BCUT2D eigenvalue weighted by Gasteiger charge is 2.22. The molecule has 1 aliphatic rings. The van der Waals surface area contributed by atoms with Gasteiger partial charge < -0.3 is 16.4 Å². The predicted octanol–water partition coefficient (Wildman–Crippen LogP) is -1.09. The second-order valence-corrected chi connectivity index (χ2v) is 4.91. The number of hydrogen-bond donors (Lipinski definition) is 3. The minimum atomic E-state index is -0.152. The number of carbonyl (C=O) groups is 2. The molecule has 4 N–H and O–H groups in total. The Morgan fingerprint density at radius 2 is 2.20 bits per heavy atom.